The molecule has 0 aliphatic rings. The molecule has 1 atom stereocenters. The molecule has 7 heteroatoms. The van der Waals surface area contributed by atoms with Gasteiger partial charge in [0.15, 0.2) is 0 Å². The number of nitrogens with one attached hydrogen (secondary N) is 1. The molecular formula is C30H35BrN2O3S. The van der Waals surface area contributed by atoms with Gasteiger partial charge in [0, 0.05) is 29.7 Å². The van der Waals surface area contributed by atoms with Crippen molar-refractivity contribution in [1.82, 2.24) is 10.2 Å². The Morgan fingerprint density at radius 2 is 1.70 bits per heavy atom. The molecule has 0 aliphatic heterocycles. The number of benzene rings is 3. The fourth-order valence-corrected chi connectivity index (χ4v) is 5.08. The Bertz CT molecular complexity index is 1130. The fraction of sp³-hybridized carbons (Fsp3) is 0.333. The zero-order valence-corrected chi connectivity index (χ0v) is 23.9. The Kier molecular flexibility index (Phi) is 12.0. The fourth-order valence-electron chi connectivity index (χ4n) is 3.95. The number of methoxy groups -OCH3 is 1. The van der Waals surface area contributed by atoms with Crippen molar-refractivity contribution in [2.45, 2.75) is 44.5 Å². The number of hydrogen-bond acceptors (Lipinski definition) is 4. The number of hydrogen-bond donors (Lipinski definition) is 1. The molecule has 196 valence electrons. The normalized spacial score (nSPS) is 11.5. The van der Waals surface area contributed by atoms with Gasteiger partial charge in [0.2, 0.25) is 11.8 Å². The van der Waals surface area contributed by atoms with Crippen LogP contribution in [0.4, 0.5) is 0 Å². The molecule has 0 fully saturated rings. The van der Waals surface area contributed by atoms with E-state index in [4.69, 9.17) is 4.74 Å². The quantitative estimate of drug-likeness (QED) is 0.228. The third-order valence-electron chi connectivity index (χ3n) is 6.00. The molecule has 3 aromatic rings. The van der Waals surface area contributed by atoms with E-state index in [1.165, 1.54) is 0 Å². The number of carbonyl (C=O) groups excluding carboxylic acids is 2. The molecule has 0 saturated heterocycles. The summed E-state index contributed by atoms with van der Waals surface area (Å²) in [5, 5.41) is 3.07. The standard InChI is InChI=1S/C30H35BrN2O3S/c1-3-4-17-32-30(35)28(19-23-9-6-5-7-10-23)33(20-25-11-8-12-27(18-25)36-2)29(34)22-37-21-24-13-15-26(31)16-14-24/h5-16,18,28H,3-4,17,19-22H2,1-2H3,(H,32,35). The van der Waals surface area contributed by atoms with E-state index in [2.05, 4.69) is 40.3 Å². The van der Waals surface area contributed by atoms with Gasteiger partial charge in [-0.15, -0.1) is 11.8 Å². The number of nitrogens with zero attached hydrogens (tertiary/aromatic N) is 1. The second kappa shape index (κ2) is 15.5. The van der Waals surface area contributed by atoms with Crippen molar-refractivity contribution in [3.63, 3.8) is 0 Å². The molecule has 0 aliphatic carbocycles. The van der Waals surface area contributed by atoms with E-state index in [1.807, 2.05) is 66.7 Å². The van der Waals surface area contributed by atoms with Gasteiger partial charge < -0.3 is 15.0 Å². The molecule has 0 bridgehead atoms. The van der Waals surface area contributed by atoms with Gasteiger partial charge in [-0.25, -0.2) is 0 Å². The molecule has 0 heterocycles. The highest BCUT2D eigenvalue weighted by atomic mass is 79.9. The number of carbonyl (C=O) groups is 2. The number of halogens is 1. The van der Waals surface area contributed by atoms with Crippen molar-refractivity contribution >= 4 is 39.5 Å². The summed E-state index contributed by atoms with van der Waals surface area (Å²) in [6.07, 6.45) is 2.34. The van der Waals surface area contributed by atoms with E-state index >= 15 is 0 Å². The summed E-state index contributed by atoms with van der Waals surface area (Å²) in [5.74, 6) is 1.55. The van der Waals surface area contributed by atoms with Crippen LogP contribution < -0.4 is 10.1 Å². The predicted octanol–water partition coefficient (Wildman–Crippen LogP) is 6.25. The molecule has 3 aromatic carbocycles. The zero-order chi connectivity index (χ0) is 26.5. The van der Waals surface area contributed by atoms with Gasteiger partial charge in [-0.3, -0.25) is 9.59 Å². The Morgan fingerprint density at radius 1 is 0.973 bits per heavy atom. The Balaban J connectivity index is 1.84. The molecule has 0 radical (unpaired) electrons. The third-order valence-corrected chi connectivity index (χ3v) is 7.51. The molecule has 3 rings (SSSR count). The van der Waals surface area contributed by atoms with E-state index in [9.17, 15) is 9.59 Å². The van der Waals surface area contributed by atoms with Crippen molar-refractivity contribution in [3.8, 4) is 5.75 Å². The summed E-state index contributed by atoms with van der Waals surface area (Å²) in [7, 11) is 1.63. The smallest absolute Gasteiger partial charge is 0.243 e. The van der Waals surface area contributed by atoms with Crippen LogP contribution in [0.15, 0.2) is 83.3 Å². The van der Waals surface area contributed by atoms with Gasteiger partial charge in [0.25, 0.3) is 0 Å². The molecule has 1 unspecified atom stereocenters. The highest BCUT2D eigenvalue weighted by molar-refractivity contribution is 9.10. The van der Waals surface area contributed by atoms with Gasteiger partial charge in [-0.05, 0) is 47.4 Å². The van der Waals surface area contributed by atoms with Gasteiger partial charge in [-0.1, -0.05) is 83.9 Å². The number of thioether (sulfide) groups is 1. The highest BCUT2D eigenvalue weighted by Gasteiger charge is 2.30. The van der Waals surface area contributed by atoms with E-state index in [0.29, 0.717) is 19.5 Å². The van der Waals surface area contributed by atoms with E-state index < -0.39 is 6.04 Å². The predicted molar refractivity (Wildman–Crippen MR) is 156 cm³/mol. The summed E-state index contributed by atoms with van der Waals surface area (Å²) < 4.78 is 6.43. The Morgan fingerprint density at radius 3 is 2.41 bits per heavy atom. The largest absolute Gasteiger partial charge is 0.497 e. The molecule has 0 saturated carbocycles. The first-order valence-corrected chi connectivity index (χ1v) is 14.5. The average Bonchev–Trinajstić information content (AvgIpc) is 2.92. The van der Waals surface area contributed by atoms with E-state index in [0.717, 1.165) is 45.5 Å². The molecule has 2 amide bonds. The number of ether oxygens (including phenoxy) is 1. The molecule has 5 nitrogen and oxygen atoms in total. The van der Waals surface area contributed by atoms with Crippen molar-refractivity contribution in [2.24, 2.45) is 0 Å². The Hall–Kier alpha value is -2.77. The van der Waals surface area contributed by atoms with Crippen LogP contribution >= 0.6 is 27.7 Å². The lowest BCUT2D eigenvalue weighted by Gasteiger charge is -2.31. The summed E-state index contributed by atoms with van der Waals surface area (Å²) >= 11 is 5.02. The number of rotatable bonds is 14. The maximum Gasteiger partial charge on any atom is 0.243 e. The summed E-state index contributed by atoms with van der Waals surface area (Å²) in [6.45, 7) is 3.02. The van der Waals surface area contributed by atoms with Crippen LogP contribution in [0.25, 0.3) is 0 Å². The minimum Gasteiger partial charge on any atom is -0.497 e. The van der Waals surface area contributed by atoms with Crippen LogP contribution in [0, 0.1) is 0 Å². The van der Waals surface area contributed by atoms with Crippen molar-refractivity contribution in [1.29, 1.82) is 0 Å². The molecular weight excluding hydrogens is 548 g/mol. The summed E-state index contributed by atoms with van der Waals surface area (Å²) in [5.41, 5.74) is 3.09. The third kappa shape index (κ3) is 9.56. The molecule has 0 spiro atoms. The summed E-state index contributed by atoms with van der Waals surface area (Å²) in [4.78, 5) is 28.9. The second-order valence-electron chi connectivity index (χ2n) is 8.84. The zero-order valence-electron chi connectivity index (χ0n) is 21.5. The van der Waals surface area contributed by atoms with Gasteiger partial charge in [-0.2, -0.15) is 0 Å². The van der Waals surface area contributed by atoms with Crippen LogP contribution in [0.3, 0.4) is 0 Å². The lowest BCUT2D eigenvalue weighted by Crippen LogP contribution is -2.51. The number of unbranched alkanes of at least 4 members (excludes halogenated alkanes) is 1. The van der Waals surface area contributed by atoms with Crippen LogP contribution in [0.2, 0.25) is 0 Å². The van der Waals surface area contributed by atoms with Gasteiger partial charge in [0.05, 0.1) is 12.9 Å². The minimum atomic E-state index is -0.619. The molecule has 37 heavy (non-hydrogen) atoms. The average molecular weight is 584 g/mol. The van der Waals surface area contributed by atoms with Crippen LogP contribution in [0.1, 0.15) is 36.5 Å². The van der Waals surface area contributed by atoms with Crippen LogP contribution in [0.5, 0.6) is 5.75 Å². The van der Waals surface area contributed by atoms with Crippen molar-refractivity contribution in [2.75, 3.05) is 19.4 Å². The maximum absolute atomic E-state index is 13.7. The van der Waals surface area contributed by atoms with E-state index in [1.54, 1.807) is 23.8 Å². The Labute approximate surface area is 233 Å². The van der Waals surface area contributed by atoms with Crippen LogP contribution in [-0.2, 0) is 28.3 Å². The van der Waals surface area contributed by atoms with Gasteiger partial charge in [0.1, 0.15) is 11.8 Å². The number of amides is 2. The minimum absolute atomic E-state index is 0.0588. The lowest BCUT2D eigenvalue weighted by molar-refractivity contribution is -0.139. The molecule has 1 N–H and O–H groups in total. The second-order valence-corrected chi connectivity index (χ2v) is 10.7. The van der Waals surface area contributed by atoms with Crippen molar-refractivity contribution in [3.05, 3.63) is 100 Å². The first-order valence-electron chi connectivity index (χ1n) is 12.6. The summed E-state index contributed by atoms with van der Waals surface area (Å²) in [6, 6.07) is 25.0. The first-order chi connectivity index (χ1) is 18.0. The lowest BCUT2D eigenvalue weighted by atomic mass is 10.0. The maximum atomic E-state index is 13.7. The van der Waals surface area contributed by atoms with E-state index in [-0.39, 0.29) is 17.6 Å². The van der Waals surface area contributed by atoms with Gasteiger partial charge >= 0.3 is 0 Å². The van der Waals surface area contributed by atoms with Crippen LogP contribution in [-0.4, -0.2) is 42.2 Å². The molecule has 0 aromatic heterocycles. The first kappa shape index (κ1) is 28.8. The van der Waals surface area contributed by atoms with Crippen molar-refractivity contribution < 1.29 is 14.3 Å². The topological polar surface area (TPSA) is 58.6 Å². The SMILES string of the molecule is CCCCNC(=O)C(Cc1ccccc1)N(Cc1cccc(OC)c1)C(=O)CSCc1ccc(Br)cc1. The highest BCUT2D eigenvalue weighted by Crippen LogP contribution is 2.21. The monoisotopic (exact) mass is 582 g/mol.